The molecule has 0 aliphatic carbocycles. The number of benzene rings is 1. The van der Waals surface area contributed by atoms with Crippen LogP contribution in [0.1, 0.15) is 12.5 Å². The van der Waals surface area contributed by atoms with Gasteiger partial charge in [-0.3, -0.25) is 0 Å². The van der Waals surface area contributed by atoms with Gasteiger partial charge >= 0.3 is 0 Å². The summed E-state index contributed by atoms with van der Waals surface area (Å²) in [5.74, 6) is 0.694. The van der Waals surface area contributed by atoms with Crippen LogP contribution in [0.25, 0.3) is 0 Å². The van der Waals surface area contributed by atoms with Crippen molar-refractivity contribution in [2.75, 3.05) is 11.9 Å². The van der Waals surface area contributed by atoms with E-state index in [1.807, 2.05) is 25.3 Å². The number of hydrogen-bond acceptors (Lipinski definition) is 2. The summed E-state index contributed by atoms with van der Waals surface area (Å²) in [4.78, 5) is 4.22. The van der Waals surface area contributed by atoms with Gasteiger partial charge in [-0.1, -0.05) is 12.1 Å². The Morgan fingerprint density at radius 3 is 2.76 bits per heavy atom. The standard InChI is InChI=1S/C13H16FN3/c1-2-15-13-16-8-10-17(13)9-7-11-3-5-12(14)6-4-11/h3-6,8,10H,2,7,9H2,1H3,(H,15,16). The molecule has 0 saturated heterocycles. The molecule has 90 valence electrons. The van der Waals surface area contributed by atoms with Crippen LogP contribution in [0.5, 0.6) is 0 Å². The molecule has 0 radical (unpaired) electrons. The zero-order valence-electron chi connectivity index (χ0n) is 9.86. The number of anilines is 1. The van der Waals surface area contributed by atoms with Gasteiger partial charge in [0, 0.05) is 25.5 Å². The normalized spacial score (nSPS) is 10.5. The van der Waals surface area contributed by atoms with Crippen molar-refractivity contribution in [3.8, 4) is 0 Å². The van der Waals surface area contributed by atoms with Crippen LogP contribution in [0.3, 0.4) is 0 Å². The quantitative estimate of drug-likeness (QED) is 0.860. The highest BCUT2D eigenvalue weighted by molar-refractivity contribution is 5.25. The van der Waals surface area contributed by atoms with Crippen molar-refractivity contribution in [3.63, 3.8) is 0 Å². The summed E-state index contributed by atoms with van der Waals surface area (Å²) >= 11 is 0. The first kappa shape index (κ1) is 11.6. The molecule has 4 heteroatoms. The lowest BCUT2D eigenvalue weighted by Crippen LogP contribution is -2.08. The third kappa shape index (κ3) is 3.06. The fourth-order valence-electron chi connectivity index (χ4n) is 1.72. The van der Waals surface area contributed by atoms with E-state index in [0.717, 1.165) is 31.0 Å². The molecule has 2 aromatic rings. The van der Waals surface area contributed by atoms with Gasteiger partial charge in [-0.25, -0.2) is 9.37 Å². The van der Waals surface area contributed by atoms with Crippen LogP contribution in [0.2, 0.25) is 0 Å². The van der Waals surface area contributed by atoms with E-state index in [-0.39, 0.29) is 5.82 Å². The van der Waals surface area contributed by atoms with E-state index in [2.05, 4.69) is 14.9 Å². The third-order valence-electron chi connectivity index (χ3n) is 2.61. The summed E-state index contributed by atoms with van der Waals surface area (Å²) in [5, 5.41) is 3.19. The average molecular weight is 233 g/mol. The molecule has 0 saturated carbocycles. The second kappa shape index (κ2) is 5.48. The maximum absolute atomic E-state index is 12.7. The first-order valence-corrected chi connectivity index (χ1v) is 5.79. The van der Waals surface area contributed by atoms with Crippen LogP contribution < -0.4 is 5.32 Å². The maximum Gasteiger partial charge on any atom is 0.202 e. The van der Waals surface area contributed by atoms with E-state index in [0.29, 0.717) is 0 Å². The summed E-state index contributed by atoms with van der Waals surface area (Å²) in [6.45, 7) is 3.74. The lowest BCUT2D eigenvalue weighted by molar-refractivity contribution is 0.625. The maximum atomic E-state index is 12.7. The van der Waals surface area contributed by atoms with E-state index in [9.17, 15) is 4.39 Å². The van der Waals surface area contributed by atoms with E-state index >= 15 is 0 Å². The predicted octanol–water partition coefficient (Wildman–Crippen LogP) is 2.70. The van der Waals surface area contributed by atoms with E-state index < -0.39 is 0 Å². The molecular weight excluding hydrogens is 217 g/mol. The van der Waals surface area contributed by atoms with Gasteiger partial charge in [0.25, 0.3) is 0 Å². The van der Waals surface area contributed by atoms with Gasteiger partial charge in [0.2, 0.25) is 5.95 Å². The molecule has 3 nitrogen and oxygen atoms in total. The predicted molar refractivity (Wildman–Crippen MR) is 66.5 cm³/mol. The van der Waals surface area contributed by atoms with Gasteiger partial charge in [0.1, 0.15) is 5.82 Å². The van der Waals surface area contributed by atoms with Crippen molar-refractivity contribution < 1.29 is 4.39 Å². The highest BCUT2D eigenvalue weighted by Crippen LogP contribution is 2.08. The molecule has 0 fully saturated rings. The Bertz CT molecular complexity index is 462. The minimum Gasteiger partial charge on any atom is -0.356 e. The second-order valence-corrected chi connectivity index (χ2v) is 3.85. The molecule has 1 N–H and O–H groups in total. The molecular formula is C13H16FN3. The van der Waals surface area contributed by atoms with Gasteiger partial charge < -0.3 is 9.88 Å². The molecule has 0 aliphatic heterocycles. The lowest BCUT2D eigenvalue weighted by atomic mass is 10.1. The molecule has 2 rings (SSSR count). The Labute approximate surface area is 100 Å². The van der Waals surface area contributed by atoms with Crippen molar-refractivity contribution in [1.29, 1.82) is 0 Å². The number of rotatable bonds is 5. The molecule has 0 aliphatic rings. The molecule has 0 bridgehead atoms. The second-order valence-electron chi connectivity index (χ2n) is 3.85. The highest BCUT2D eigenvalue weighted by Gasteiger charge is 2.01. The van der Waals surface area contributed by atoms with Crippen molar-refractivity contribution in [2.24, 2.45) is 0 Å². The number of imidazole rings is 1. The van der Waals surface area contributed by atoms with Crippen molar-refractivity contribution >= 4 is 5.95 Å². The van der Waals surface area contributed by atoms with Crippen LogP contribution in [0.4, 0.5) is 10.3 Å². The summed E-state index contributed by atoms with van der Waals surface area (Å²) in [6.07, 6.45) is 4.60. The Morgan fingerprint density at radius 1 is 1.29 bits per heavy atom. The number of aryl methyl sites for hydroxylation is 2. The van der Waals surface area contributed by atoms with Gasteiger partial charge in [0.05, 0.1) is 0 Å². The topological polar surface area (TPSA) is 29.9 Å². The van der Waals surface area contributed by atoms with Gasteiger partial charge in [-0.15, -0.1) is 0 Å². The number of aromatic nitrogens is 2. The van der Waals surface area contributed by atoms with Gasteiger partial charge in [-0.2, -0.15) is 0 Å². The zero-order valence-corrected chi connectivity index (χ0v) is 9.86. The first-order valence-electron chi connectivity index (χ1n) is 5.79. The Hall–Kier alpha value is -1.84. The Balaban J connectivity index is 1.97. The highest BCUT2D eigenvalue weighted by atomic mass is 19.1. The van der Waals surface area contributed by atoms with E-state index in [4.69, 9.17) is 0 Å². The largest absolute Gasteiger partial charge is 0.356 e. The smallest absolute Gasteiger partial charge is 0.202 e. The van der Waals surface area contributed by atoms with Crippen molar-refractivity contribution in [3.05, 3.63) is 48.0 Å². The summed E-state index contributed by atoms with van der Waals surface area (Å²) < 4.78 is 14.8. The van der Waals surface area contributed by atoms with Crippen LogP contribution >= 0.6 is 0 Å². The first-order chi connectivity index (χ1) is 8.29. The Morgan fingerprint density at radius 2 is 2.06 bits per heavy atom. The number of halogens is 1. The molecule has 1 aromatic heterocycles. The van der Waals surface area contributed by atoms with Crippen molar-refractivity contribution in [2.45, 2.75) is 19.9 Å². The minimum atomic E-state index is -0.190. The van der Waals surface area contributed by atoms with Crippen LogP contribution in [0.15, 0.2) is 36.7 Å². The summed E-state index contributed by atoms with van der Waals surface area (Å²) in [5.41, 5.74) is 1.13. The van der Waals surface area contributed by atoms with E-state index in [1.165, 1.54) is 12.1 Å². The lowest BCUT2D eigenvalue weighted by Gasteiger charge is -2.08. The van der Waals surface area contributed by atoms with Crippen LogP contribution in [-0.2, 0) is 13.0 Å². The van der Waals surface area contributed by atoms with Crippen LogP contribution in [0, 0.1) is 5.82 Å². The molecule has 1 aromatic carbocycles. The molecule has 0 unspecified atom stereocenters. The van der Waals surface area contributed by atoms with Gasteiger partial charge in [-0.05, 0) is 31.0 Å². The molecule has 0 atom stereocenters. The fraction of sp³-hybridized carbons (Fsp3) is 0.308. The monoisotopic (exact) mass is 233 g/mol. The number of hydrogen-bond donors (Lipinski definition) is 1. The molecule has 0 amide bonds. The fourth-order valence-corrected chi connectivity index (χ4v) is 1.72. The number of nitrogens with one attached hydrogen (secondary N) is 1. The third-order valence-corrected chi connectivity index (χ3v) is 2.61. The average Bonchev–Trinajstić information content (AvgIpc) is 2.77. The molecule has 1 heterocycles. The molecule has 0 spiro atoms. The van der Waals surface area contributed by atoms with Gasteiger partial charge in [0.15, 0.2) is 0 Å². The zero-order chi connectivity index (χ0) is 12.1. The molecule has 17 heavy (non-hydrogen) atoms. The van der Waals surface area contributed by atoms with Crippen LogP contribution in [-0.4, -0.2) is 16.1 Å². The Kier molecular flexibility index (Phi) is 3.75. The number of nitrogens with zero attached hydrogens (tertiary/aromatic N) is 2. The van der Waals surface area contributed by atoms with E-state index in [1.54, 1.807) is 6.20 Å². The summed E-state index contributed by atoms with van der Waals surface area (Å²) in [7, 11) is 0. The summed E-state index contributed by atoms with van der Waals surface area (Å²) in [6, 6.07) is 6.63. The van der Waals surface area contributed by atoms with Crippen molar-refractivity contribution in [1.82, 2.24) is 9.55 Å². The minimum absolute atomic E-state index is 0.190. The SMILES string of the molecule is CCNc1nccn1CCc1ccc(F)cc1.